The molecule has 0 spiro atoms. The Kier molecular flexibility index (Phi) is 8.53. The van der Waals surface area contributed by atoms with E-state index in [1.807, 2.05) is 6.07 Å². The standard InChI is InChI=1S/C60H39NO/c1-2-13-47-39-48(28-25-40(47)11-1)43-31-36-50(37-32-43)61(49-34-29-42(30-35-49)41-23-26-45(27-24-41)52-19-9-14-44-12-3-4-16-51(44)52)57-21-7-5-17-53(57)55-20-10-15-46-33-38-56-54-18-6-8-22-58(54)62-60(56)59(46)55/h1-39H. The lowest BCUT2D eigenvalue weighted by molar-refractivity contribution is 0.673. The number of para-hydroxylation sites is 2. The Morgan fingerprint density at radius 3 is 1.58 bits per heavy atom. The average Bonchev–Trinajstić information content (AvgIpc) is 3.73. The summed E-state index contributed by atoms with van der Waals surface area (Å²) in [6, 6.07) is 85.5. The fourth-order valence-electron chi connectivity index (χ4n) is 9.39. The first-order chi connectivity index (χ1) is 30.7. The smallest absolute Gasteiger partial charge is 0.143 e. The van der Waals surface area contributed by atoms with Crippen molar-refractivity contribution in [3.63, 3.8) is 0 Å². The molecule has 11 aromatic carbocycles. The van der Waals surface area contributed by atoms with Crippen LogP contribution in [-0.4, -0.2) is 0 Å². The summed E-state index contributed by atoms with van der Waals surface area (Å²) in [5, 5.41) is 9.51. The number of nitrogens with zero attached hydrogens (tertiary/aromatic N) is 1. The Hall–Kier alpha value is -8.20. The molecule has 1 heterocycles. The molecule has 0 radical (unpaired) electrons. The fraction of sp³-hybridized carbons (Fsp3) is 0. The van der Waals surface area contributed by atoms with Gasteiger partial charge in [0.2, 0.25) is 0 Å². The molecule has 12 rings (SSSR count). The van der Waals surface area contributed by atoms with Crippen molar-refractivity contribution in [2.24, 2.45) is 0 Å². The van der Waals surface area contributed by atoms with Crippen molar-refractivity contribution in [3.05, 3.63) is 237 Å². The Labute approximate surface area is 360 Å². The van der Waals surface area contributed by atoms with Crippen LogP contribution >= 0.6 is 0 Å². The predicted octanol–water partition coefficient (Wildman–Crippen LogP) is 17.2. The first-order valence-electron chi connectivity index (χ1n) is 21.2. The molecular weight excluding hydrogens is 751 g/mol. The van der Waals surface area contributed by atoms with Gasteiger partial charge in [-0.05, 0) is 114 Å². The van der Waals surface area contributed by atoms with Crippen LogP contribution < -0.4 is 4.90 Å². The van der Waals surface area contributed by atoms with Crippen molar-refractivity contribution in [3.8, 4) is 44.5 Å². The molecule has 0 saturated heterocycles. The molecule has 0 unspecified atom stereocenters. The minimum atomic E-state index is 0.898. The lowest BCUT2D eigenvalue weighted by atomic mass is 9.94. The molecule has 290 valence electrons. The molecule has 0 bridgehead atoms. The van der Waals surface area contributed by atoms with E-state index in [1.54, 1.807) is 0 Å². The number of fused-ring (bicyclic) bond motifs is 7. The molecule has 0 fully saturated rings. The van der Waals surface area contributed by atoms with Crippen LogP contribution in [0.5, 0.6) is 0 Å². The molecule has 0 aliphatic heterocycles. The minimum absolute atomic E-state index is 0.898. The third kappa shape index (κ3) is 6.12. The largest absolute Gasteiger partial charge is 0.455 e. The lowest BCUT2D eigenvalue weighted by Gasteiger charge is -2.28. The summed E-state index contributed by atoms with van der Waals surface area (Å²) in [5.41, 5.74) is 14.5. The number of hydrogen-bond acceptors (Lipinski definition) is 2. The van der Waals surface area contributed by atoms with Crippen LogP contribution in [0.15, 0.2) is 241 Å². The normalized spacial score (nSPS) is 11.5. The fourth-order valence-corrected chi connectivity index (χ4v) is 9.39. The summed E-state index contributed by atoms with van der Waals surface area (Å²) < 4.78 is 6.67. The van der Waals surface area contributed by atoms with Gasteiger partial charge >= 0.3 is 0 Å². The van der Waals surface area contributed by atoms with E-state index < -0.39 is 0 Å². The van der Waals surface area contributed by atoms with E-state index in [0.717, 1.165) is 60.9 Å². The van der Waals surface area contributed by atoms with Gasteiger partial charge in [0.15, 0.2) is 0 Å². The molecule has 0 N–H and O–H groups in total. The highest BCUT2D eigenvalue weighted by atomic mass is 16.3. The maximum absolute atomic E-state index is 6.67. The zero-order valence-electron chi connectivity index (χ0n) is 33.9. The Bertz CT molecular complexity index is 3610. The van der Waals surface area contributed by atoms with Gasteiger partial charge in [-0.25, -0.2) is 0 Å². The van der Waals surface area contributed by atoms with E-state index in [-0.39, 0.29) is 0 Å². The molecule has 2 heteroatoms. The summed E-state index contributed by atoms with van der Waals surface area (Å²) in [4.78, 5) is 2.39. The zero-order valence-corrected chi connectivity index (χ0v) is 33.9. The van der Waals surface area contributed by atoms with Crippen LogP contribution in [0.25, 0.3) is 98.8 Å². The number of anilines is 3. The second kappa shape index (κ2) is 14.8. The van der Waals surface area contributed by atoms with E-state index in [0.29, 0.717) is 0 Å². The van der Waals surface area contributed by atoms with Crippen LogP contribution in [-0.2, 0) is 0 Å². The van der Waals surface area contributed by atoms with Crippen molar-refractivity contribution in [2.45, 2.75) is 0 Å². The molecule has 62 heavy (non-hydrogen) atoms. The molecule has 0 amide bonds. The number of hydrogen-bond donors (Lipinski definition) is 0. The predicted molar refractivity (Wildman–Crippen MR) is 263 cm³/mol. The maximum atomic E-state index is 6.67. The van der Waals surface area contributed by atoms with Gasteiger partial charge in [0.1, 0.15) is 11.2 Å². The van der Waals surface area contributed by atoms with Crippen molar-refractivity contribution < 1.29 is 4.42 Å². The van der Waals surface area contributed by atoms with Crippen molar-refractivity contribution >= 4 is 71.3 Å². The van der Waals surface area contributed by atoms with E-state index in [2.05, 4.69) is 235 Å². The van der Waals surface area contributed by atoms with Gasteiger partial charge in [0.05, 0.1) is 5.69 Å². The highest BCUT2D eigenvalue weighted by Gasteiger charge is 2.21. The van der Waals surface area contributed by atoms with Crippen molar-refractivity contribution in [2.75, 3.05) is 4.90 Å². The second-order valence-electron chi connectivity index (χ2n) is 16.1. The van der Waals surface area contributed by atoms with Gasteiger partial charge in [-0.15, -0.1) is 0 Å². The van der Waals surface area contributed by atoms with Crippen LogP contribution in [0.3, 0.4) is 0 Å². The monoisotopic (exact) mass is 789 g/mol. The molecule has 0 aliphatic rings. The van der Waals surface area contributed by atoms with Crippen LogP contribution in [0.2, 0.25) is 0 Å². The van der Waals surface area contributed by atoms with Gasteiger partial charge in [0, 0.05) is 33.1 Å². The van der Waals surface area contributed by atoms with E-state index in [1.165, 1.54) is 54.9 Å². The molecule has 1 aromatic heterocycles. The Morgan fingerprint density at radius 2 is 0.806 bits per heavy atom. The summed E-state index contributed by atoms with van der Waals surface area (Å²) >= 11 is 0. The quantitative estimate of drug-likeness (QED) is 0.160. The Balaban J connectivity index is 0.979. The number of benzene rings is 11. The SMILES string of the molecule is c1ccc(N(c2ccc(-c3ccc(-c4cccc5ccccc45)cc3)cc2)c2ccc(-c3ccc4ccccc4c3)cc2)c(-c2cccc3ccc4c5ccccc5oc4c23)c1. The highest BCUT2D eigenvalue weighted by molar-refractivity contribution is 6.19. The molecule has 0 atom stereocenters. The first-order valence-corrected chi connectivity index (χ1v) is 21.2. The zero-order chi connectivity index (χ0) is 41.0. The van der Waals surface area contributed by atoms with E-state index in [4.69, 9.17) is 4.42 Å². The van der Waals surface area contributed by atoms with Crippen molar-refractivity contribution in [1.82, 2.24) is 0 Å². The third-order valence-corrected chi connectivity index (χ3v) is 12.5. The molecule has 12 aromatic rings. The minimum Gasteiger partial charge on any atom is -0.455 e. The summed E-state index contributed by atoms with van der Waals surface area (Å²) in [6.45, 7) is 0. The average molecular weight is 790 g/mol. The maximum Gasteiger partial charge on any atom is 0.143 e. The van der Waals surface area contributed by atoms with Crippen LogP contribution in [0.1, 0.15) is 0 Å². The molecular formula is C60H39NO. The number of furan rings is 1. The van der Waals surface area contributed by atoms with E-state index >= 15 is 0 Å². The topological polar surface area (TPSA) is 16.4 Å². The lowest BCUT2D eigenvalue weighted by Crippen LogP contribution is -2.11. The summed E-state index contributed by atoms with van der Waals surface area (Å²) in [7, 11) is 0. The molecule has 2 nitrogen and oxygen atoms in total. The third-order valence-electron chi connectivity index (χ3n) is 12.5. The summed E-state index contributed by atoms with van der Waals surface area (Å²) in [6.07, 6.45) is 0. The summed E-state index contributed by atoms with van der Waals surface area (Å²) in [5.74, 6) is 0. The first kappa shape index (κ1) is 35.7. The number of rotatable bonds is 7. The van der Waals surface area contributed by atoms with Gasteiger partial charge in [0.25, 0.3) is 0 Å². The van der Waals surface area contributed by atoms with Crippen LogP contribution in [0, 0.1) is 0 Å². The van der Waals surface area contributed by atoms with Gasteiger partial charge in [-0.1, -0.05) is 188 Å². The molecule has 0 aliphatic carbocycles. The second-order valence-corrected chi connectivity index (χ2v) is 16.1. The van der Waals surface area contributed by atoms with Gasteiger partial charge in [-0.3, -0.25) is 0 Å². The highest BCUT2D eigenvalue weighted by Crippen LogP contribution is 2.46. The Morgan fingerprint density at radius 1 is 0.290 bits per heavy atom. The molecule has 0 saturated carbocycles. The van der Waals surface area contributed by atoms with Crippen LogP contribution in [0.4, 0.5) is 17.1 Å². The van der Waals surface area contributed by atoms with Gasteiger partial charge < -0.3 is 9.32 Å². The van der Waals surface area contributed by atoms with Gasteiger partial charge in [-0.2, -0.15) is 0 Å². The van der Waals surface area contributed by atoms with Crippen molar-refractivity contribution in [1.29, 1.82) is 0 Å². The van der Waals surface area contributed by atoms with E-state index in [9.17, 15) is 0 Å².